The van der Waals surface area contributed by atoms with Crippen LogP contribution < -0.4 is 0 Å². The number of nitrogens with one attached hydrogen (secondary N) is 2. The van der Waals surface area contributed by atoms with Crippen molar-refractivity contribution >= 4 is 46.4 Å². The van der Waals surface area contributed by atoms with E-state index in [4.69, 9.17) is 9.97 Å². The minimum atomic E-state index is 0.877. The third-order valence-corrected chi connectivity index (χ3v) is 8.81. The van der Waals surface area contributed by atoms with Gasteiger partial charge < -0.3 is 9.97 Å². The molecular formula is C43H29N5. The van der Waals surface area contributed by atoms with E-state index in [-0.39, 0.29) is 0 Å². The summed E-state index contributed by atoms with van der Waals surface area (Å²) in [6.45, 7) is 0. The molecule has 5 heteroatoms. The Labute approximate surface area is 277 Å². The number of fused-ring (bicyclic) bond motifs is 8. The molecular weight excluding hydrogens is 587 g/mol. The van der Waals surface area contributed by atoms with Crippen molar-refractivity contribution in [1.29, 1.82) is 0 Å². The summed E-state index contributed by atoms with van der Waals surface area (Å²) in [5.74, 6) is 0. The highest BCUT2D eigenvalue weighted by molar-refractivity contribution is 5.97. The van der Waals surface area contributed by atoms with Crippen LogP contribution >= 0.6 is 0 Å². The van der Waals surface area contributed by atoms with Crippen LogP contribution in [0.5, 0.6) is 0 Å². The maximum atomic E-state index is 5.31. The van der Waals surface area contributed by atoms with Crippen molar-refractivity contribution in [3.63, 3.8) is 0 Å². The number of H-pyrrole nitrogens is 2. The fourth-order valence-electron chi connectivity index (χ4n) is 6.63. The van der Waals surface area contributed by atoms with Gasteiger partial charge in [-0.25, -0.2) is 9.97 Å². The fourth-order valence-corrected chi connectivity index (χ4v) is 6.63. The summed E-state index contributed by atoms with van der Waals surface area (Å²) in [6.07, 6.45) is 10.3. The molecule has 48 heavy (non-hydrogen) atoms. The average molecular weight is 616 g/mol. The maximum Gasteiger partial charge on any atom is 0.0737 e. The summed E-state index contributed by atoms with van der Waals surface area (Å²) >= 11 is 0. The molecule has 0 aliphatic carbocycles. The second-order valence-electron chi connectivity index (χ2n) is 11.9. The molecule has 226 valence electrons. The van der Waals surface area contributed by atoms with Crippen LogP contribution in [0.15, 0.2) is 140 Å². The van der Waals surface area contributed by atoms with Crippen LogP contribution in [-0.2, 0) is 0 Å². The number of hydrogen-bond acceptors (Lipinski definition) is 3. The van der Waals surface area contributed by atoms with Crippen LogP contribution in [0.1, 0.15) is 22.8 Å². The van der Waals surface area contributed by atoms with Gasteiger partial charge in [0.15, 0.2) is 0 Å². The molecule has 0 saturated carbocycles. The molecule has 0 unspecified atom stereocenters. The summed E-state index contributed by atoms with van der Waals surface area (Å²) in [5.41, 5.74) is 15.8. The molecule has 8 bridgehead atoms. The van der Waals surface area contributed by atoms with Gasteiger partial charge in [-0.15, -0.1) is 0 Å². The van der Waals surface area contributed by atoms with Crippen molar-refractivity contribution in [2.75, 3.05) is 0 Å². The molecule has 9 rings (SSSR count). The molecule has 5 nitrogen and oxygen atoms in total. The van der Waals surface area contributed by atoms with E-state index in [1.165, 1.54) is 0 Å². The van der Waals surface area contributed by atoms with Gasteiger partial charge >= 0.3 is 0 Å². The van der Waals surface area contributed by atoms with Crippen molar-refractivity contribution in [2.45, 2.75) is 0 Å². The van der Waals surface area contributed by atoms with Crippen molar-refractivity contribution in [3.8, 4) is 44.6 Å². The largest absolute Gasteiger partial charge is 0.355 e. The van der Waals surface area contributed by atoms with E-state index in [1.54, 1.807) is 0 Å². The second kappa shape index (κ2) is 11.6. The number of benzene rings is 3. The van der Waals surface area contributed by atoms with Crippen molar-refractivity contribution in [2.24, 2.45) is 0 Å². The molecule has 0 atom stereocenters. The van der Waals surface area contributed by atoms with Gasteiger partial charge in [0.2, 0.25) is 0 Å². The van der Waals surface area contributed by atoms with Crippen molar-refractivity contribution < 1.29 is 0 Å². The second-order valence-corrected chi connectivity index (χ2v) is 11.9. The highest BCUT2D eigenvalue weighted by Gasteiger charge is 2.17. The van der Waals surface area contributed by atoms with Gasteiger partial charge in [0.05, 0.1) is 28.5 Å². The summed E-state index contributed by atoms with van der Waals surface area (Å²) in [7, 11) is 0. The number of nitrogens with zero attached hydrogens (tertiary/aromatic N) is 3. The lowest BCUT2D eigenvalue weighted by Crippen LogP contribution is -1.89. The predicted molar refractivity (Wildman–Crippen MR) is 198 cm³/mol. The molecule has 0 saturated heterocycles. The van der Waals surface area contributed by atoms with Crippen LogP contribution in [0.2, 0.25) is 0 Å². The third-order valence-electron chi connectivity index (χ3n) is 8.81. The Morgan fingerprint density at radius 2 is 0.958 bits per heavy atom. The molecule has 4 aromatic heterocycles. The van der Waals surface area contributed by atoms with Crippen LogP contribution in [0.4, 0.5) is 0 Å². The number of hydrogen-bond donors (Lipinski definition) is 2. The summed E-state index contributed by atoms with van der Waals surface area (Å²) in [5, 5.41) is 0. The topological polar surface area (TPSA) is 70.2 Å². The zero-order chi connectivity index (χ0) is 31.9. The first kappa shape index (κ1) is 27.7. The highest BCUT2D eigenvalue weighted by atomic mass is 14.8. The first-order valence-corrected chi connectivity index (χ1v) is 16.0. The minimum Gasteiger partial charge on any atom is -0.355 e. The smallest absolute Gasteiger partial charge is 0.0737 e. The summed E-state index contributed by atoms with van der Waals surface area (Å²) in [6, 6.07) is 46.1. The average Bonchev–Trinajstić information content (AvgIpc) is 3.97. The van der Waals surface area contributed by atoms with Crippen molar-refractivity contribution in [1.82, 2.24) is 24.9 Å². The lowest BCUT2D eigenvalue weighted by molar-refractivity contribution is 1.31. The lowest BCUT2D eigenvalue weighted by Gasteiger charge is -2.08. The Morgan fingerprint density at radius 1 is 0.396 bits per heavy atom. The zero-order valence-corrected chi connectivity index (χ0v) is 25.9. The molecule has 0 radical (unpaired) electrons. The Bertz CT molecular complexity index is 2540. The van der Waals surface area contributed by atoms with E-state index in [2.05, 4.69) is 142 Å². The molecule has 2 aliphatic rings. The van der Waals surface area contributed by atoms with Crippen LogP contribution in [-0.4, -0.2) is 24.9 Å². The first-order valence-electron chi connectivity index (χ1n) is 16.0. The Balaban J connectivity index is 1.39. The summed E-state index contributed by atoms with van der Waals surface area (Å²) in [4.78, 5) is 22.5. The standard InChI is InChI=1S/C43H29N5/c1-3-10-28(11-4-1)41-35-19-17-32(45-35)27-33-18-20-36(46-33)43(31-15-9-14-30(26-31)34-16-7-8-25-44-34)40-24-23-39(48-40)42(29-12-5-2-6-13-29)38-22-21-37(41)47-38/h1-27,45,48H. The first-order chi connectivity index (χ1) is 23.8. The molecule has 7 aromatic rings. The van der Waals surface area contributed by atoms with Crippen LogP contribution in [0, 0.1) is 0 Å². The molecule has 2 N–H and O–H groups in total. The number of aromatic amines is 2. The molecule has 2 aliphatic heterocycles. The van der Waals surface area contributed by atoms with E-state index < -0.39 is 0 Å². The molecule has 3 aromatic carbocycles. The number of pyridine rings is 1. The monoisotopic (exact) mass is 615 g/mol. The van der Waals surface area contributed by atoms with E-state index in [0.29, 0.717) is 0 Å². The predicted octanol–water partition coefficient (Wildman–Crippen LogP) is 10.7. The van der Waals surface area contributed by atoms with Crippen molar-refractivity contribution in [3.05, 3.63) is 162 Å². The molecule has 0 fully saturated rings. The zero-order valence-electron chi connectivity index (χ0n) is 25.9. The fraction of sp³-hybridized carbons (Fsp3) is 0. The van der Waals surface area contributed by atoms with Gasteiger partial charge in [0, 0.05) is 50.5 Å². The van der Waals surface area contributed by atoms with Crippen LogP contribution in [0.25, 0.3) is 91.0 Å². The van der Waals surface area contributed by atoms with E-state index in [1.807, 2.05) is 36.5 Å². The molecule has 6 heterocycles. The summed E-state index contributed by atoms with van der Waals surface area (Å²) < 4.78 is 0. The van der Waals surface area contributed by atoms with Gasteiger partial charge in [-0.3, -0.25) is 4.98 Å². The van der Waals surface area contributed by atoms with Gasteiger partial charge in [0.25, 0.3) is 0 Å². The third kappa shape index (κ3) is 5.04. The van der Waals surface area contributed by atoms with Gasteiger partial charge in [-0.1, -0.05) is 84.9 Å². The Hall–Kier alpha value is -6.59. The van der Waals surface area contributed by atoms with Crippen LogP contribution in [0.3, 0.4) is 0 Å². The van der Waals surface area contributed by atoms with E-state index >= 15 is 0 Å². The Kier molecular flexibility index (Phi) is 6.72. The number of rotatable bonds is 4. The van der Waals surface area contributed by atoms with E-state index in [0.717, 1.165) is 89.5 Å². The minimum absolute atomic E-state index is 0.877. The normalized spacial score (nSPS) is 12.0. The SMILES string of the molecule is C1=Cc2nc1cc1ccc([nH]1)c(-c1ccccc1)c1nc(c(-c3ccccc3)c3ccc([nH]3)c2-c2cccc(-c3ccccn3)c2)C=C1. The maximum absolute atomic E-state index is 5.31. The lowest BCUT2D eigenvalue weighted by atomic mass is 10.00. The Morgan fingerprint density at radius 3 is 1.65 bits per heavy atom. The van der Waals surface area contributed by atoms with Gasteiger partial charge in [0.1, 0.15) is 0 Å². The highest BCUT2D eigenvalue weighted by Crippen LogP contribution is 2.36. The number of aromatic nitrogens is 5. The van der Waals surface area contributed by atoms with E-state index in [9.17, 15) is 0 Å². The quantitative estimate of drug-likeness (QED) is 0.207. The van der Waals surface area contributed by atoms with Gasteiger partial charge in [-0.05, 0) is 89.5 Å². The molecule has 0 amide bonds. The van der Waals surface area contributed by atoms with Gasteiger partial charge in [-0.2, -0.15) is 0 Å². The molecule has 0 spiro atoms.